The van der Waals surface area contributed by atoms with Crippen molar-refractivity contribution in [1.82, 2.24) is 15.1 Å². The van der Waals surface area contributed by atoms with Gasteiger partial charge in [-0.25, -0.2) is 0 Å². The third kappa shape index (κ3) is 1.57. The molecular weight excluding hydrogens is 178 g/mol. The van der Waals surface area contributed by atoms with Gasteiger partial charge in [-0.05, 0) is 13.8 Å². The number of nitrogens with one attached hydrogen (secondary N) is 1. The van der Waals surface area contributed by atoms with Crippen LogP contribution in [0.5, 0.6) is 0 Å². The van der Waals surface area contributed by atoms with Gasteiger partial charge in [0, 0.05) is 17.8 Å². The lowest BCUT2D eigenvalue weighted by Gasteiger charge is -2.07. The third-order valence-electron chi connectivity index (χ3n) is 2.32. The molecule has 1 aromatic heterocycles. The Kier molecular flexibility index (Phi) is 2.15. The van der Waals surface area contributed by atoms with Crippen LogP contribution < -0.4 is 11.1 Å². The maximum Gasteiger partial charge on any atom is 0.189 e. The van der Waals surface area contributed by atoms with Crippen molar-refractivity contribution in [1.29, 1.82) is 0 Å². The van der Waals surface area contributed by atoms with Crippen molar-refractivity contribution in [3.8, 4) is 0 Å². The highest BCUT2D eigenvalue weighted by Gasteiger charge is 2.18. The summed E-state index contributed by atoms with van der Waals surface area (Å²) < 4.78 is 1.94. The zero-order valence-electron chi connectivity index (χ0n) is 8.44. The second-order valence-corrected chi connectivity index (χ2v) is 3.77. The number of hydrogen-bond acceptors (Lipinski definition) is 4. The van der Waals surface area contributed by atoms with E-state index in [0.29, 0.717) is 18.5 Å². The van der Waals surface area contributed by atoms with Crippen LogP contribution in [0.15, 0.2) is 17.4 Å². The number of nitrogens with two attached hydrogens (primary N) is 1. The van der Waals surface area contributed by atoms with Gasteiger partial charge < -0.3 is 11.1 Å². The zero-order valence-corrected chi connectivity index (χ0v) is 8.44. The van der Waals surface area contributed by atoms with Gasteiger partial charge in [0.1, 0.15) is 0 Å². The van der Waals surface area contributed by atoms with Gasteiger partial charge in [0.05, 0.1) is 18.8 Å². The first-order valence-electron chi connectivity index (χ1n) is 4.77. The molecule has 0 saturated carbocycles. The summed E-state index contributed by atoms with van der Waals surface area (Å²) in [6.45, 7) is 4.91. The summed E-state index contributed by atoms with van der Waals surface area (Å²) >= 11 is 0. The molecule has 1 atom stereocenters. The van der Waals surface area contributed by atoms with Crippen molar-refractivity contribution in [3.05, 3.63) is 18.0 Å². The Labute approximate surface area is 83.0 Å². The molecule has 2 rings (SSSR count). The minimum absolute atomic E-state index is 0.197. The molecule has 0 amide bonds. The highest BCUT2D eigenvalue weighted by Crippen LogP contribution is 2.16. The van der Waals surface area contributed by atoms with Crippen LogP contribution in [-0.2, 0) is 0 Å². The highest BCUT2D eigenvalue weighted by molar-refractivity contribution is 5.80. The van der Waals surface area contributed by atoms with E-state index in [1.165, 1.54) is 0 Å². The van der Waals surface area contributed by atoms with E-state index in [1.807, 2.05) is 17.1 Å². The van der Waals surface area contributed by atoms with Gasteiger partial charge in [0.15, 0.2) is 5.96 Å². The lowest BCUT2D eigenvalue weighted by molar-refractivity contribution is 0.531. The van der Waals surface area contributed by atoms with Crippen LogP contribution in [0.2, 0.25) is 0 Å². The molecule has 0 aliphatic carbocycles. The summed E-state index contributed by atoms with van der Waals surface area (Å²) in [5.41, 5.74) is 6.68. The molecule has 2 heterocycles. The summed E-state index contributed by atoms with van der Waals surface area (Å²) in [6.07, 6.45) is 3.90. The number of hydrogen-bond donors (Lipinski definition) is 2. The summed E-state index contributed by atoms with van der Waals surface area (Å²) in [4.78, 5) is 4.09. The summed E-state index contributed by atoms with van der Waals surface area (Å²) in [5.74, 6) is 0.521. The minimum Gasteiger partial charge on any atom is -0.370 e. The van der Waals surface area contributed by atoms with Crippen molar-refractivity contribution in [2.45, 2.75) is 25.9 Å². The first-order chi connectivity index (χ1) is 6.66. The van der Waals surface area contributed by atoms with Gasteiger partial charge in [-0.1, -0.05) is 0 Å². The Morgan fingerprint density at radius 3 is 2.93 bits per heavy atom. The van der Waals surface area contributed by atoms with Crippen molar-refractivity contribution in [2.75, 3.05) is 6.54 Å². The molecule has 0 saturated heterocycles. The fraction of sp³-hybridized carbons (Fsp3) is 0.556. The molecule has 0 bridgehead atoms. The van der Waals surface area contributed by atoms with Crippen LogP contribution in [0.25, 0.3) is 0 Å². The monoisotopic (exact) mass is 193 g/mol. The van der Waals surface area contributed by atoms with E-state index in [1.54, 1.807) is 0 Å². The van der Waals surface area contributed by atoms with E-state index in [9.17, 15) is 0 Å². The number of aliphatic imine (C=N–C) groups is 1. The van der Waals surface area contributed by atoms with E-state index in [-0.39, 0.29) is 6.04 Å². The predicted octanol–water partition coefficient (Wildman–Crippen LogP) is 0.423. The lowest BCUT2D eigenvalue weighted by atomic mass is 10.2. The number of aromatic nitrogens is 2. The predicted molar refractivity (Wildman–Crippen MR) is 55.0 cm³/mol. The molecule has 5 heteroatoms. The Morgan fingerprint density at radius 1 is 1.64 bits per heavy atom. The third-order valence-corrected chi connectivity index (χ3v) is 2.32. The normalized spacial score (nSPS) is 21.1. The van der Waals surface area contributed by atoms with Gasteiger partial charge >= 0.3 is 0 Å². The Balaban J connectivity index is 2.11. The van der Waals surface area contributed by atoms with Crippen molar-refractivity contribution >= 4 is 5.96 Å². The van der Waals surface area contributed by atoms with Crippen LogP contribution in [0, 0.1) is 0 Å². The summed E-state index contributed by atoms with van der Waals surface area (Å²) in [7, 11) is 0. The number of guanidine groups is 1. The second-order valence-electron chi connectivity index (χ2n) is 3.77. The smallest absolute Gasteiger partial charge is 0.189 e. The van der Waals surface area contributed by atoms with Crippen LogP contribution in [-0.4, -0.2) is 22.3 Å². The van der Waals surface area contributed by atoms with E-state index >= 15 is 0 Å². The van der Waals surface area contributed by atoms with E-state index in [2.05, 4.69) is 29.3 Å². The molecule has 76 valence electrons. The van der Waals surface area contributed by atoms with E-state index < -0.39 is 0 Å². The summed E-state index contributed by atoms with van der Waals surface area (Å²) in [6, 6.07) is 0.589. The molecule has 0 spiro atoms. The van der Waals surface area contributed by atoms with Crippen LogP contribution in [0.3, 0.4) is 0 Å². The molecule has 0 radical (unpaired) electrons. The molecule has 1 aromatic rings. The maximum absolute atomic E-state index is 5.54. The largest absolute Gasteiger partial charge is 0.370 e. The van der Waals surface area contributed by atoms with Crippen LogP contribution >= 0.6 is 0 Å². The van der Waals surface area contributed by atoms with Crippen molar-refractivity contribution in [2.24, 2.45) is 10.7 Å². The Hall–Kier alpha value is -1.52. The quantitative estimate of drug-likeness (QED) is 0.715. The van der Waals surface area contributed by atoms with Gasteiger partial charge in [0.2, 0.25) is 0 Å². The lowest BCUT2D eigenvalue weighted by Crippen LogP contribution is -2.29. The number of nitrogens with zero attached hydrogens (tertiary/aromatic N) is 3. The molecule has 1 aliphatic rings. The molecule has 0 aromatic carbocycles. The van der Waals surface area contributed by atoms with Gasteiger partial charge in [0.25, 0.3) is 0 Å². The van der Waals surface area contributed by atoms with E-state index in [0.717, 1.165) is 5.56 Å². The molecule has 14 heavy (non-hydrogen) atoms. The molecule has 1 aliphatic heterocycles. The second kappa shape index (κ2) is 3.32. The van der Waals surface area contributed by atoms with Crippen LogP contribution in [0.4, 0.5) is 0 Å². The van der Waals surface area contributed by atoms with Gasteiger partial charge in [-0.15, -0.1) is 0 Å². The zero-order chi connectivity index (χ0) is 10.1. The van der Waals surface area contributed by atoms with E-state index in [4.69, 9.17) is 5.73 Å². The summed E-state index contributed by atoms with van der Waals surface area (Å²) in [5, 5.41) is 7.37. The van der Waals surface area contributed by atoms with Crippen LogP contribution in [0.1, 0.15) is 31.5 Å². The maximum atomic E-state index is 5.54. The molecule has 5 nitrogen and oxygen atoms in total. The Morgan fingerprint density at radius 2 is 2.43 bits per heavy atom. The fourth-order valence-electron chi connectivity index (χ4n) is 1.46. The van der Waals surface area contributed by atoms with Gasteiger partial charge in [-0.2, -0.15) is 5.10 Å². The highest BCUT2D eigenvalue weighted by atomic mass is 15.3. The number of rotatable bonds is 2. The van der Waals surface area contributed by atoms with Gasteiger partial charge in [-0.3, -0.25) is 9.67 Å². The molecule has 1 unspecified atom stereocenters. The standard InChI is InChI=1S/C9H15N5/c1-6(2)14-5-7(3-12-14)8-4-11-9(10)13-8/h3,5-6,8H,4H2,1-2H3,(H3,10,11,13). The molecular formula is C9H15N5. The van der Waals surface area contributed by atoms with Crippen molar-refractivity contribution in [3.63, 3.8) is 0 Å². The average molecular weight is 193 g/mol. The topological polar surface area (TPSA) is 68.2 Å². The fourth-order valence-corrected chi connectivity index (χ4v) is 1.46. The van der Waals surface area contributed by atoms with Crippen molar-refractivity contribution < 1.29 is 0 Å². The molecule has 3 N–H and O–H groups in total. The average Bonchev–Trinajstić information content (AvgIpc) is 2.70. The SMILES string of the molecule is CC(C)n1cc(C2CN=C(N)N2)cn1. The first kappa shape index (κ1) is 9.05. The Bertz CT molecular complexity index is 352. The first-order valence-corrected chi connectivity index (χ1v) is 4.77. The molecule has 0 fully saturated rings. The minimum atomic E-state index is 0.197.